The molecule has 0 spiro atoms. The van der Waals surface area contributed by atoms with E-state index in [1.165, 1.54) is 19.3 Å². The summed E-state index contributed by atoms with van der Waals surface area (Å²) in [5.41, 5.74) is 0. The van der Waals surface area contributed by atoms with Crippen molar-refractivity contribution in [2.24, 2.45) is 0 Å². The highest BCUT2D eigenvalue weighted by Crippen LogP contribution is 2.21. The molecule has 0 N–H and O–H groups in total. The van der Waals surface area contributed by atoms with Crippen molar-refractivity contribution in [3.63, 3.8) is 0 Å². The second kappa shape index (κ2) is 5.08. The molecule has 2 unspecified atom stereocenters. The Morgan fingerprint density at radius 2 is 2.07 bits per heavy atom. The van der Waals surface area contributed by atoms with E-state index in [0.29, 0.717) is 17.9 Å². The molecule has 0 aromatic carbocycles. The number of nitrogens with zero attached hydrogens (tertiary/aromatic N) is 1. The number of carbonyl (C=O) groups excluding carboxylic acids is 1. The lowest BCUT2D eigenvalue weighted by Crippen LogP contribution is -2.47. The standard InChI is InChI=1S/C12H21NO2/c1-10(12-4-2-3-9-15-12)13-7-5-11(14)6-8-13/h10,12H,2-9H2,1H3. The zero-order valence-electron chi connectivity index (χ0n) is 9.58. The van der Waals surface area contributed by atoms with Crippen LogP contribution in [-0.2, 0) is 9.53 Å². The zero-order chi connectivity index (χ0) is 10.7. The van der Waals surface area contributed by atoms with Crippen molar-refractivity contribution in [2.45, 2.75) is 51.2 Å². The van der Waals surface area contributed by atoms with Gasteiger partial charge in [-0.3, -0.25) is 9.69 Å². The molecule has 0 amide bonds. The molecule has 2 heterocycles. The van der Waals surface area contributed by atoms with E-state index in [1.807, 2.05) is 0 Å². The number of carbonyl (C=O) groups is 1. The molecule has 0 aromatic rings. The lowest BCUT2D eigenvalue weighted by molar-refractivity contribution is -0.123. The lowest BCUT2D eigenvalue weighted by atomic mass is 9.99. The van der Waals surface area contributed by atoms with Crippen molar-refractivity contribution in [1.29, 1.82) is 0 Å². The van der Waals surface area contributed by atoms with E-state index < -0.39 is 0 Å². The minimum Gasteiger partial charge on any atom is -0.377 e. The molecule has 0 aliphatic carbocycles. The van der Waals surface area contributed by atoms with Gasteiger partial charge in [0.2, 0.25) is 0 Å². The predicted octanol–water partition coefficient (Wildman–Crippen LogP) is 1.61. The normalized spacial score (nSPS) is 31.5. The molecule has 2 aliphatic heterocycles. The first-order valence-corrected chi connectivity index (χ1v) is 6.15. The average molecular weight is 211 g/mol. The maximum atomic E-state index is 11.1. The van der Waals surface area contributed by atoms with Crippen LogP contribution in [0.5, 0.6) is 0 Å². The first-order chi connectivity index (χ1) is 7.27. The highest BCUT2D eigenvalue weighted by molar-refractivity contribution is 5.79. The van der Waals surface area contributed by atoms with E-state index in [-0.39, 0.29) is 0 Å². The predicted molar refractivity (Wildman–Crippen MR) is 58.9 cm³/mol. The van der Waals surface area contributed by atoms with Crippen molar-refractivity contribution in [2.75, 3.05) is 19.7 Å². The Bertz CT molecular complexity index is 214. The molecule has 0 radical (unpaired) electrons. The molecule has 2 aliphatic rings. The number of hydrogen-bond acceptors (Lipinski definition) is 3. The van der Waals surface area contributed by atoms with Crippen LogP contribution in [-0.4, -0.2) is 42.5 Å². The van der Waals surface area contributed by atoms with E-state index in [2.05, 4.69) is 11.8 Å². The van der Waals surface area contributed by atoms with Gasteiger partial charge in [-0.05, 0) is 26.2 Å². The van der Waals surface area contributed by atoms with Crippen LogP contribution in [0.3, 0.4) is 0 Å². The molecule has 0 aromatic heterocycles. The fourth-order valence-corrected chi connectivity index (χ4v) is 2.56. The van der Waals surface area contributed by atoms with Crippen molar-refractivity contribution in [3.8, 4) is 0 Å². The van der Waals surface area contributed by atoms with Gasteiger partial charge >= 0.3 is 0 Å². The van der Waals surface area contributed by atoms with Crippen LogP contribution in [0.2, 0.25) is 0 Å². The summed E-state index contributed by atoms with van der Waals surface area (Å²) in [6, 6.07) is 0.485. The summed E-state index contributed by atoms with van der Waals surface area (Å²) < 4.78 is 5.79. The number of hydrogen-bond donors (Lipinski definition) is 0. The summed E-state index contributed by atoms with van der Waals surface area (Å²) in [7, 11) is 0. The van der Waals surface area contributed by atoms with Gasteiger partial charge in [0.05, 0.1) is 6.10 Å². The minimum atomic E-state index is 0.395. The largest absolute Gasteiger partial charge is 0.377 e. The van der Waals surface area contributed by atoms with Crippen molar-refractivity contribution in [3.05, 3.63) is 0 Å². The first-order valence-electron chi connectivity index (χ1n) is 6.15. The van der Waals surface area contributed by atoms with E-state index in [1.54, 1.807) is 0 Å². The fraction of sp³-hybridized carbons (Fsp3) is 0.917. The van der Waals surface area contributed by atoms with Gasteiger partial charge in [-0.2, -0.15) is 0 Å². The van der Waals surface area contributed by atoms with Gasteiger partial charge in [0.15, 0.2) is 0 Å². The summed E-state index contributed by atoms with van der Waals surface area (Å²) in [5.74, 6) is 0.419. The Balaban J connectivity index is 1.83. The number of Topliss-reactive ketones (excluding diaryl/α,β-unsaturated/α-hetero) is 1. The Kier molecular flexibility index (Phi) is 3.76. The lowest BCUT2D eigenvalue weighted by Gasteiger charge is -2.38. The van der Waals surface area contributed by atoms with Gasteiger partial charge in [0, 0.05) is 38.6 Å². The summed E-state index contributed by atoms with van der Waals surface area (Å²) in [6.07, 6.45) is 5.55. The third-order valence-electron chi connectivity index (χ3n) is 3.68. The molecule has 2 atom stereocenters. The maximum Gasteiger partial charge on any atom is 0.135 e. The second-order valence-electron chi connectivity index (χ2n) is 4.72. The van der Waals surface area contributed by atoms with Gasteiger partial charge in [0.25, 0.3) is 0 Å². The third-order valence-corrected chi connectivity index (χ3v) is 3.68. The van der Waals surface area contributed by atoms with Crippen LogP contribution in [0.4, 0.5) is 0 Å². The molecular weight excluding hydrogens is 190 g/mol. The van der Waals surface area contributed by atoms with Crippen LogP contribution in [0, 0.1) is 0 Å². The van der Waals surface area contributed by atoms with Crippen LogP contribution in [0.15, 0.2) is 0 Å². The summed E-state index contributed by atoms with van der Waals surface area (Å²) in [6.45, 7) is 5.02. The minimum absolute atomic E-state index is 0.395. The van der Waals surface area contributed by atoms with Gasteiger partial charge < -0.3 is 4.74 Å². The van der Waals surface area contributed by atoms with Crippen molar-refractivity contribution < 1.29 is 9.53 Å². The second-order valence-corrected chi connectivity index (χ2v) is 4.72. The van der Waals surface area contributed by atoms with Gasteiger partial charge in [-0.1, -0.05) is 0 Å². The van der Waals surface area contributed by atoms with Crippen LogP contribution in [0.1, 0.15) is 39.0 Å². The van der Waals surface area contributed by atoms with Gasteiger partial charge in [-0.25, -0.2) is 0 Å². The number of piperidine rings is 1. The Hall–Kier alpha value is -0.410. The van der Waals surface area contributed by atoms with Crippen LogP contribution < -0.4 is 0 Å². The maximum absolute atomic E-state index is 11.1. The fourth-order valence-electron chi connectivity index (χ4n) is 2.56. The van der Waals surface area contributed by atoms with Crippen LogP contribution >= 0.6 is 0 Å². The Labute approximate surface area is 91.8 Å². The van der Waals surface area contributed by atoms with E-state index in [9.17, 15) is 4.79 Å². The molecule has 3 heteroatoms. The molecule has 2 saturated heterocycles. The molecule has 15 heavy (non-hydrogen) atoms. The number of ether oxygens (including phenoxy) is 1. The highest BCUT2D eigenvalue weighted by atomic mass is 16.5. The quantitative estimate of drug-likeness (QED) is 0.695. The van der Waals surface area contributed by atoms with Crippen molar-refractivity contribution in [1.82, 2.24) is 4.90 Å². The number of likely N-dealkylation sites (tertiary alicyclic amines) is 1. The van der Waals surface area contributed by atoms with Gasteiger partial charge in [0.1, 0.15) is 5.78 Å². The Morgan fingerprint density at radius 1 is 1.33 bits per heavy atom. The third kappa shape index (κ3) is 2.79. The molecule has 0 saturated carbocycles. The monoisotopic (exact) mass is 211 g/mol. The number of rotatable bonds is 2. The van der Waals surface area contributed by atoms with Gasteiger partial charge in [-0.15, -0.1) is 0 Å². The average Bonchev–Trinajstić information content (AvgIpc) is 2.30. The summed E-state index contributed by atoms with van der Waals surface area (Å²) in [4.78, 5) is 13.6. The number of ketones is 1. The van der Waals surface area contributed by atoms with Crippen LogP contribution in [0.25, 0.3) is 0 Å². The molecule has 3 nitrogen and oxygen atoms in total. The molecule has 0 bridgehead atoms. The Morgan fingerprint density at radius 3 is 2.67 bits per heavy atom. The van der Waals surface area contributed by atoms with E-state index >= 15 is 0 Å². The highest BCUT2D eigenvalue weighted by Gasteiger charge is 2.28. The topological polar surface area (TPSA) is 29.5 Å². The smallest absolute Gasteiger partial charge is 0.135 e. The molecule has 2 rings (SSSR count). The summed E-state index contributed by atoms with van der Waals surface area (Å²) in [5, 5.41) is 0. The van der Waals surface area contributed by atoms with E-state index in [4.69, 9.17) is 4.74 Å². The molecular formula is C12H21NO2. The zero-order valence-corrected chi connectivity index (χ0v) is 9.58. The molecule has 2 fully saturated rings. The van der Waals surface area contributed by atoms with E-state index in [0.717, 1.165) is 32.5 Å². The first kappa shape index (κ1) is 11.1. The van der Waals surface area contributed by atoms with Crippen molar-refractivity contribution >= 4 is 5.78 Å². The summed E-state index contributed by atoms with van der Waals surface area (Å²) >= 11 is 0. The molecule has 86 valence electrons. The SMILES string of the molecule is CC(C1CCCCO1)N1CCC(=O)CC1.